The van der Waals surface area contributed by atoms with Crippen molar-refractivity contribution in [3.8, 4) is 0 Å². The van der Waals surface area contributed by atoms with Gasteiger partial charge < -0.3 is 10.6 Å². The Kier molecular flexibility index (Phi) is 12.4. The van der Waals surface area contributed by atoms with E-state index in [0.717, 1.165) is 17.0 Å². The number of nitrogens with one attached hydrogen (secondary N) is 2. The number of nitrogens with zero attached hydrogens (tertiary/aromatic N) is 2. The standard InChI is InChI=1S/C16H27ClN4O2S.HI/c1-4-21(5-2)24(22,23)12-11-20-16(18-3)19-10-9-14-7-6-8-15(17)13-14;/h6-8,13H,4-5,9-12H2,1-3H3,(H2,18,19,20);1H. The normalized spacial score (nSPS) is 12.0. The van der Waals surface area contributed by atoms with Crippen molar-refractivity contribution in [3.05, 3.63) is 34.9 Å². The van der Waals surface area contributed by atoms with Gasteiger partial charge in [-0.1, -0.05) is 37.6 Å². The molecule has 0 fully saturated rings. The first-order valence-electron chi connectivity index (χ1n) is 8.09. The Labute approximate surface area is 173 Å². The van der Waals surface area contributed by atoms with Crippen LogP contribution in [0.1, 0.15) is 19.4 Å². The second-order valence-electron chi connectivity index (χ2n) is 5.21. The maximum Gasteiger partial charge on any atom is 0.215 e. The SMILES string of the molecule is CCN(CC)S(=O)(=O)CCNC(=NC)NCCc1cccc(Cl)c1.I. The molecule has 0 saturated heterocycles. The first-order chi connectivity index (χ1) is 11.4. The van der Waals surface area contributed by atoms with E-state index in [1.165, 1.54) is 4.31 Å². The molecule has 1 aromatic rings. The average molecular weight is 503 g/mol. The quantitative estimate of drug-likeness (QED) is 0.309. The molecular weight excluding hydrogens is 475 g/mol. The number of rotatable bonds is 9. The van der Waals surface area contributed by atoms with Crippen molar-refractivity contribution < 1.29 is 8.42 Å². The Morgan fingerprint density at radius 2 is 1.84 bits per heavy atom. The fourth-order valence-corrected chi connectivity index (χ4v) is 3.90. The van der Waals surface area contributed by atoms with Gasteiger partial charge in [-0.15, -0.1) is 24.0 Å². The van der Waals surface area contributed by atoms with Crippen LogP contribution in [0.4, 0.5) is 0 Å². The fourth-order valence-electron chi connectivity index (χ4n) is 2.28. The molecule has 0 spiro atoms. The Hall–Kier alpha value is -0.580. The third-order valence-corrected chi connectivity index (χ3v) is 5.83. The van der Waals surface area contributed by atoms with Crippen molar-refractivity contribution in [1.29, 1.82) is 0 Å². The molecule has 0 bridgehead atoms. The maximum absolute atomic E-state index is 12.1. The van der Waals surface area contributed by atoms with E-state index in [1.54, 1.807) is 7.05 Å². The molecule has 9 heteroatoms. The van der Waals surface area contributed by atoms with Gasteiger partial charge in [-0.3, -0.25) is 4.99 Å². The van der Waals surface area contributed by atoms with Crippen LogP contribution >= 0.6 is 35.6 Å². The van der Waals surface area contributed by atoms with Gasteiger partial charge in [0.1, 0.15) is 0 Å². The lowest BCUT2D eigenvalue weighted by Gasteiger charge is -2.19. The third kappa shape index (κ3) is 9.07. The lowest BCUT2D eigenvalue weighted by atomic mass is 10.1. The Bertz CT molecular complexity index is 637. The summed E-state index contributed by atoms with van der Waals surface area (Å²) in [4.78, 5) is 4.10. The van der Waals surface area contributed by atoms with Gasteiger partial charge in [0.05, 0.1) is 5.75 Å². The molecule has 0 heterocycles. The molecule has 1 aromatic carbocycles. The summed E-state index contributed by atoms with van der Waals surface area (Å²) in [5.41, 5.74) is 1.13. The van der Waals surface area contributed by atoms with Crippen LogP contribution in [0.15, 0.2) is 29.3 Å². The molecular formula is C16H28ClIN4O2S. The van der Waals surface area contributed by atoms with Crippen LogP contribution in [0.3, 0.4) is 0 Å². The van der Waals surface area contributed by atoms with Crippen molar-refractivity contribution in [3.63, 3.8) is 0 Å². The summed E-state index contributed by atoms with van der Waals surface area (Å²) in [5.74, 6) is 0.635. The first-order valence-corrected chi connectivity index (χ1v) is 10.1. The zero-order valence-corrected chi connectivity index (χ0v) is 18.9. The number of hydrogen-bond donors (Lipinski definition) is 2. The van der Waals surface area contributed by atoms with Gasteiger partial charge >= 0.3 is 0 Å². The molecule has 0 unspecified atom stereocenters. The van der Waals surface area contributed by atoms with E-state index < -0.39 is 10.0 Å². The smallest absolute Gasteiger partial charge is 0.215 e. The van der Waals surface area contributed by atoms with Crippen LogP contribution in [0.2, 0.25) is 5.02 Å². The highest BCUT2D eigenvalue weighted by Crippen LogP contribution is 2.10. The molecule has 6 nitrogen and oxygen atoms in total. The van der Waals surface area contributed by atoms with Crippen molar-refractivity contribution in [2.45, 2.75) is 20.3 Å². The highest BCUT2D eigenvalue weighted by molar-refractivity contribution is 14.0. The Balaban J connectivity index is 0.00000576. The van der Waals surface area contributed by atoms with Crippen LogP contribution in [0, 0.1) is 0 Å². The van der Waals surface area contributed by atoms with Gasteiger partial charge in [0.2, 0.25) is 10.0 Å². The third-order valence-electron chi connectivity index (χ3n) is 3.57. The summed E-state index contributed by atoms with van der Waals surface area (Å²) in [7, 11) is -1.56. The van der Waals surface area contributed by atoms with Gasteiger partial charge in [-0.05, 0) is 24.1 Å². The number of aliphatic imine (C=N–C) groups is 1. The van der Waals surface area contributed by atoms with Crippen molar-refractivity contribution >= 4 is 51.6 Å². The van der Waals surface area contributed by atoms with Crippen LogP contribution in [-0.2, 0) is 16.4 Å². The fraction of sp³-hybridized carbons (Fsp3) is 0.562. The average Bonchev–Trinajstić information content (AvgIpc) is 2.54. The topological polar surface area (TPSA) is 73.8 Å². The predicted molar refractivity (Wildman–Crippen MR) is 117 cm³/mol. The van der Waals surface area contributed by atoms with E-state index in [4.69, 9.17) is 11.6 Å². The van der Waals surface area contributed by atoms with Crippen molar-refractivity contribution in [2.24, 2.45) is 4.99 Å². The molecule has 0 aliphatic carbocycles. The van der Waals surface area contributed by atoms with Crippen LogP contribution in [0.5, 0.6) is 0 Å². The predicted octanol–water partition coefficient (Wildman–Crippen LogP) is 2.34. The molecule has 25 heavy (non-hydrogen) atoms. The molecule has 0 saturated carbocycles. The number of halogens is 2. The van der Waals surface area contributed by atoms with Gasteiger partial charge in [0.15, 0.2) is 5.96 Å². The van der Waals surface area contributed by atoms with E-state index >= 15 is 0 Å². The maximum atomic E-state index is 12.1. The summed E-state index contributed by atoms with van der Waals surface area (Å²) < 4.78 is 25.7. The summed E-state index contributed by atoms with van der Waals surface area (Å²) in [6.07, 6.45) is 0.805. The molecule has 0 aliphatic heterocycles. The highest BCUT2D eigenvalue weighted by Gasteiger charge is 2.18. The summed E-state index contributed by atoms with van der Waals surface area (Å²) in [6, 6.07) is 7.70. The minimum atomic E-state index is -3.22. The minimum Gasteiger partial charge on any atom is -0.356 e. The minimum absolute atomic E-state index is 0. The lowest BCUT2D eigenvalue weighted by Crippen LogP contribution is -2.42. The van der Waals surface area contributed by atoms with Crippen LogP contribution in [0.25, 0.3) is 0 Å². The zero-order valence-electron chi connectivity index (χ0n) is 15.0. The Morgan fingerprint density at radius 1 is 1.20 bits per heavy atom. The van der Waals surface area contributed by atoms with E-state index in [2.05, 4.69) is 15.6 Å². The number of hydrogen-bond acceptors (Lipinski definition) is 3. The van der Waals surface area contributed by atoms with Gasteiger partial charge in [0.25, 0.3) is 0 Å². The van der Waals surface area contributed by atoms with Crippen molar-refractivity contribution in [2.75, 3.05) is 39.0 Å². The van der Waals surface area contributed by atoms with E-state index in [1.807, 2.05) is 38.1 Å². The zero-order chi connectivity index (χ0) is 18.0. The van der Waals surface area contributed by atoms with Crippen LogP contribution < -0.4 is 10.6 Å². The molecule has 0 amide bonds. The second-order valence-corrected chi connectivity index (χ2v) is 7.73. The second kappa shape index (κ2) is 12.7. The van der Waals surface area contributed by atoms with E-state index in [0.29, 0.717) is 32.1 Å². The lowest BCUT2D eigenvalue weighted by molar-refractivity contribution is 0.445. The number of benzene rings is 1. The number of guanidine groups is 1. The van der Waals surface area contributed by atoms with E-state index in [9.17, 15) is 8.42 Å². The molecule has 1 rings (SSSR count). The van der Waals surface area contributed by atoms with Gasteiger partial charge in [-0.2, -0.15) is 0 Å². The molecule has 0 atom stereocenters. The molecule has 0 aliphatic rings. The monoisotopic (exact) mass is 502 g/mol. The highest BCUT2D eigenvalue weighted by atomic mass is 127. The summed E-state index contributed by atoms with van der Waals surface area (Å²) in [5, 5.41) is 6.92. The van der Waals surface area contributed by atoms with Gasteiger partial charge in [0, 0.05) is 38.2 Å². The molecule has 0 aromatic heterocycles. The van der Waals surface area contributed by atoms with Gasteiger partial charge in [-0.25, -0.2) is 12.7 Å². The molecule has 144 valence electrons. The van der Waals surface area contributed by atoms with Crippen LogP contribution in [-0.4, -0.2) is 57.7 Å². The van der Waals surface area contributed by atoms with Crippen molar-refractivity contribution in [1.82, 2.24) is 14.9 Å². The number of sulfonamides is 1. The first kappa shape index (κ1) is 24.4. The molecule has 0 radical (unpaired) electrons. The largest absolute Gasteiger partial charge is 0.356 e. The summed E-state index contributed by atoms with van der Waals surface area (Å²) in [6.45, 7) is 5.66. The molecule has 2 N–H and O–H groups in total. The Morgan fingerprint density at radius 3 is 2.40 bits per heavy atom. The summed E-state index contributed by atoms with van der Waals surface area (Å²) >= 11 is 5.96. The van der Waals surface area contributed by atoms with E-state index in [-0.39, 0.29) is 29.7 Å².